The summed E-state index contributed by atoms with van der Waals surface area (Å²) in [4.78, 5) is 9.68. The molecule has 0 amide bonds. The van der Waals surface area contributed by atoms with Crippen LogP contribution in [0.1, 0.15) is 0 Å². The van der Waals surface area contributed by atoms with Crippen LogP contribution in [-0.4, -0.2) is 47.1 Å². The van der Waals surface area contributed by atoms with Gasteiger partial charge in [-0.3, -0.25) is 0 Å². The first-order chi connectivity index (χ1) is 8.89. The van der Waals surface area contributed by atoms with Crippen LogP contribution in [0.25, 0.3) is 0 Å². The van der Waals surface area contributed by atoms with Crippen LogP contribution in [0.2, 0.25) is 0 Å². The van der Waals surface area contributed by atoms with E-state index in [4.69, 9.17) is 5.11 Å². The van der Waals surface area contributed by atoms with Crippen LogP contribution in [0.3, 0.4) is 0 Å². The van der Waals surface area contributed by atoms with Crippen LogP contribution >= 0.6 is 12.4 Å². The van der Waals surface area contributed by atoms with Gasteiger partial charge < -0.3 is 5.11 Å². The van der Waals surface area contributed by atoms with Gasteiger partial charge in [0.2, 0.25) is 0 Å². The molecule has 0 saturated heterocycles. The highest BCUT2D eigenvalue weighted by Crippen LogP contribution is 2.58. The monoisotopic (exact) mass is 382 g/mol. The lowest BCUT2D eigenvalue weighted by atomic mass is 9.94. The number of carbonyl (C=O) groups is 1. The molecule has 0 aliphatic carbocycles. The van der Waals surface area contributed by atoms with Gasteiger partial charge >= 0.3 is 42.0 Å². The summed E-state index contributed by atoms with van der Waals surface area (Å²) < 4.78 is 148. The van der Waals surface area contributed by atoms with Crippen molar-refractivity contribution in [2.75, 3.05) is 0 Å². The van der Waals surface area contributed by atoms with E-state index in [1.165, 1.54) is 0 Å². The number of carboxylic acid groups (broad SMARTS) is 1. The third-order valence-electron chi connectivity index (χ3n) is 2.14. The highest BCUT2D eigenvalue weighted by atomic mass is 35.5. The molecule has 0 bridgehead atoms. The average molecular weight is 383 g/mol. The van der Waals surface area contributed by atoms with Gasteiger partial charge in [-0.2, -0.15) is 43.9 Å². The Morgan fingerprint density at radius 1 is 0.727 bits per heavy atom. The van der Waals surface area contributed by atoms with E-state index in [-0.39, 0.29) is 12.4 Å². The van der Waals surface area contributed by atoms with Gasteiger partial charge in [0.1, 0.15) is 0 Å². The fraction of sp³-hybridized carbons (Fsp3) is 0.857. The molecule has 15 heteroatoms. The number of hydrogen-bond donors (Lipinski definition) is 1. The highest BCUT2D eigenvalue weighted by Gasteiger charge is 2.89. The topological polar surface area (TPSA) is 37.3 Å². The van der Waals surface area contributed by atoms with Gasteiger partial charge in [0.15, 0.2) is 0 Å². The molecule has 134 valence electrons. The molecule has 0 aromatic carbocycles. The fourth-order valence-electron chi connectivity index (χ4n) is 0.875. The highest BCUT2D eigenvalue weighted by molar-refractivity contribution is 5.85. The molecule has 0 rings (SSSR count). The zero-order chi connectivity index (χ0) is 17.7. The maximum atomic E-state index is 12.6. The first-order valence-electron chi connectivity index (χ1n) is 4.29. The maximum Gasteiger partial charge on any atom is 0.410 e. The summed E-state index contributed by atoms with van der Waals surface area (Å²) >= 11 is 0. The van der Waals surface area contributed by atoms with Crippen LogP contribution in [0, 0.1) is 0 Å². The molecule has 0 saturated carbocycles. The van der Waals surface area contributed by atoms with Gasteiger partial charge in [-0.1, -0.05) is 0 Å². The minimum Gasteiger partial charge on any atom is -0.477 e. The van der Waals surface area contributed by atoms with Crippen molar-refractivity contribution in [2.45, 2.75) is 36.0 Å². The number of aliphatic carboxylic acids is 1. The lowest BCUT2D eigenvalue weighted by molar-refractivity contribution is -0.408. The Balaban J connectivity index is 0. The van der Waals surface area contributed by atoms with E-state index in [9.17, 15) is 57.5 Å². The zero-order valence-corrected chi connectivity index (χ0v) is 10.2. The zero-order valence-electron chi connectivity index (χ0n) is 9.38. The molecule has 0 heterocycles. The molecule has 0 spiro atoms. The van der Waals surface area contributed by atoms with Gasteiger partial charge in [0.05, 0.1) is 0 Å². The van der Waals surface area contributed by atoms with Crippen LogP contribution in [0.4, 0.5) is 52.7 Å². The largest absolute Gasteiger partial charge is 0.477 e. The van der Waals surface area contributed by atoms with Crippen molar-refractivity contribution >= 4 is 18.4 Å². The lowest BCUT2D eigenvalue weighted by Crippen LogP contribution is -2.69. The Morgan fingerprint density at radius 3 is 1.27 bits per heavy atom. The summed E-state index contributed by atoms with van der Waals surface area (Å²) in [6.45, 7) is 0. The number of rotatable bonds is 6. The van der Waals surface area contributed by atoms with E-state index in [2.05, 4.69) is 0 Å². The van der Waals surface area contributed by atoms with E-state index >= 15 is 0 Å². The van der Waals surface area contributed by atoms with Crippen LogP contribution in [0.15, 0.2) is 0 Å². The third kappa shape index (κ3) is 2.76. The van der Waals surface area contributed by atoms with Crippen LogP contribution in [-0.2, 0) is 4.79 Å². The van der Waals surface area contributed by atoms with E-state index in [1.54, 1.807) is 0 Å². The van der Waals surface area contributed by atoms with Gasteiger partial charge in [0.25, 0.3) is 0 Å². The van der Waals surface area contributed by atoms with Crippen LogP contribution in [0.5, 0.6) is 0 Å². The molecule has 0 aromatic rings. The van der Waals surface area contributed by atoms with Gasteiger partial charge in [-0.05, 0) is 0 Å². The molecular formula is C7H3ClF12O2. The van der Waals surface area contributed by atoms with Crippen molar-refractivity contribution in [3.63, 3.8) is 0 Å². The number of carboxylic acids is 1. The number of alkyl halides is 12. The minimum atomic E-state index is -7.80. The van der Waals surface area contributed by atoms with Crippen molar-refractivity contribution in [3.8, 4) is 0 Å². The summed E-state index contributed by atoms with van der Waals surface area (Å²) in [6.07, 6.45) is -5.62. The van der Waals surface area contributed by atoms with Crippen molar-refractivity contribution in [3.05, 3.63) is 0 Å². The standard InChI is InChI=1S/C7H2F12O2.ClH/c8-1(9)3(10,11)5(14,15)7(18,19)6(16,17)4(12,13)2(20)21;/h1H,(H,20,21);1H. The van der Waals surface area contributed by atoms with E-state index in [0.717, 1.165) is 0 Å². The van der Waals surface area contributed by atoms with E-state index in [0.29, 0.717) is 0 Å². The maximum absolute atomic E-state index is 12.6. The average Bonchev–Trinajstić information content (AvgIpc) is 2.27. The second-order valence-electron chi connectivity index (χ2n) is 3.53. The Labute approximate surface area is 118 Å². The normalized spacial score (nSPS) is 14.8. The van der Waals surface area contributed by atoms with Gasteiger partial charge in [-0.25, -0.2) is 13.6 Å². The molecule has 0 atom stereocenters. The first kappa shape index (κ1) is 23.2. The van der Waals surface area contributed by atoms with Crippen molar-refractivity contribution in [1.82, 2.24) is 0 Å². The molecule has 2 nitrogen and oxygen atoms in total. The van der Waals surface area contributed by atoms with Crippen molar-refractivity contribution < 1.29 is 62.6 Å². The Kier molecular flexibility index (Phi) is 6.16. The predicted molar refractivity (Wildman–Crippen MR) is 45.6 cm³/mol. The molecule has 0 unspecified atom stereocenters. The van der Waals surface area contributed by atoms with E-state index < -0.39 is 42.0 Å². The molecular weight excluding hydrogens is 380 g/mol. The van der Waals surface area contributed by atoms with Gasteiger partial charge in [-0.15, -0.1) is 12.4 Å². The quantitative estimate of drug-likeness (QED) is 0.707. The lowest BCUT2D eigenvalue weighted by Gasteiger charge is -2.37. The summed E-state index contributed by atoms with van der Waals surface area (Å²) in [5.41, 5.74) is 0. The minimum absolute atomic E-state index is 0. The summed E-state index contributed by atoms with van der Waals surface area (Å²) in [5.74, 6) is -41.2. The third-order valence-corrected chi connectivity index (χ3v) is 2.14. The summed E-state index contributed by atoms with van der Waals surface area (Å²) in [5, 5.41) is 7.57. The smallest absolute Gasteiger partial charge is 0.410 e. The molecule has 0 fully saturated rings. The summed E-state index contributed by atoms with van der Waals surface area (Å²) in [7, 11) is 0. The van der Waals surface area contributed by atoms with Crippen molar-refractivity contribution in [2.24, 2.45) is 0 Å². The second-order valence-corrected chi connectivity index (χ2v) is 3.53. The van der Waals surface area contributed by atoms with Gasteiger partial charge in [0, 0.05) is 0 Å². The number of hydrogen-bond acceptors (Lipinski definition) is 1. The SMILES string of the molecule is Cl.O=C(O)C(F)(F)C(F)(F)C(F)(F)C(F)(F)C(F)(F)C(F)F. The van der Waals surface area contributed by atoms with E-state index in [1.807, 2.05) is 0 Å². The molecule has 1 N–H and O–H groups in total. The number of halogens is 13. The molecule has 0 radical (unpaired) electrons. The van der Waals surface area contributed by atoms with Crippen LogP contribution < -0.4 is 0 Å². The molecule has 22 heavy (non-hydrogen) atoms. The predicted octanol–water partition coefficient (Wildman–Crippen LogP) is 3.93. The Hall–Kier alpha value is -1.08. The molecule has 0 aliphatic heterocycles. The Morgan fingerprint density at radius 2 is 1.05 bits per heavy atom. The second kappa shape index (κ2) is 5.85. The molecule has 0 aliphatic rings. The first-order valence-corrected chi connectivity index (χ1v) is 4.29. The summed E-state index contributed by atoms with van der Waals surface area (Å²) in [6, 6.07) is 0. The fourth-order valence-corrected chi connectivity index (χ4v) is 0.875. The van der Waals surface area contributed by atoms with Crippen molar-refractivity contribution in [1.29, 1.82) is 0 Å². The Bertz CT molecular complexity index is 420. The molecule has 0 aromatic heterocycles.